The molecule has 24 heavy (non-hydrogen) atoms. The van der Waals surface area contributed by atoms with Gasteiger partial charge in [0.25, 0.3) is 0 Å². The van der Waals surface area contributed by atoms with Gasteiger partial charge in [-0.2, -0.15) is 0 Å². The Hall–Kier alpha value is -1.10. The van der Waals surface area contributed by atoms with E-state index in [0.29, 0.717) is 19.6 Å². The van der Waals surface area contributed by atoms with Gasteiger partial charge in [-0.05, 0) is 43.8 Å². The van der Waals surface area contributed by atoms with Gasteiger partial charge in [0.1, 0.15) is 0 Å². The fraction of sp³-hybridized carbons (Fsp3) is 0.632. The summed E-state index contributed by atoms with van der Waals surface area (Å²) in [4.78, 5) is 17.0. The van der Waals surface area contributed by atoms with Crippen LogP contribution in [-0.4, -0.2) is 48.4 Å². The third-order valence-electron chi connectivity index (χ3n) is 4.83. The number of likely N-dealkylation sites (tertiary alicyclic amines) is 1. The van der Waals surface area contributed by atoms with Crippen LogP contribution < -0.4 is 5.73 Å². The summed E-state index contributed by atoms with van der Waals surface area (Å²) in [7, 11) is 0. The lowest BCUT2D eigenvalue weighted by atomic mass is 9.90. The molecule has 0 aromatic heterocycles. The largest absolute Gasteiger partial charge is 0.337 e. The Labute approximate surface area is 152 Å². The predicted molar refractivity (Wildman–Crippen MR) is 102 cm³/mol. The maximum atomic E-state index is 12.7. The third-order valence-corrected chi connectivity index (χ3v) is 4.83. The first-order valence-corrected chi connectivity index (χ1v) is 8.71. The van der Waals surface area contributed by atoms with Gasteiger partial charge in [0.2, 0.25) is 5.91 Å². The maximum absolute atomic E-state index is 12.7. The van der Waals surface area contributed by atoms with E-state index in [-0.39, 0.29) is 23.7 Å². The highest BCUT2D eigenvalue weighted by molar-refractivity contribution is 5.85. The summed E-state index contributed by atoms with van der Waals surface area (Å²) in [6.07, 6.45) is 2.07. The Morgan fingerprint density at radius 3 is 2.54 bits per heavy atom. The lowest BCUT2D eigenvalue weighted by Crippen LogP contribution is -2.41. The zero-order valence-corrected chi connectivity index (χ0v) is 16.1. The normalized spacial score (nSPS) is 20.7. The Balaban J connectivity index is 0.00000288. The second-order valence-electron chi connectivity index (χ2n) is 7.28. The average molecular weight is 354 g/mol. The van der Waals surface area contributed by atoms with E-state index < -0.39 is 0 Å². The number of carbonyl (C=O) groups excluding carboxylic acids is 1. The molecule has 1 amide bonds. The molecule has 1 heterocycles. The Morgan fingerprint density at radius 1 is 1.33 bits per heavy atom. The molecule has 4 nitrogen and oxygen atoms in total. The molecule has 1 aromatic rings. The van der Waals surface area contributed by atoms with E-state index in [2.05, 4.69) is 49.9 Å². The number of carbonyl (C=O) groups is 1. The topological polar surface area (TPSA) is 49.6 Å². The molecule has 136 valence electrons. The van der Waals surface area contributed by atoms with Crippen molar-refractivity contribution in [2.75, 3.05) is 32.7 Å². The van der Waals surface area contributed by atoms with E-state index in [0.717, 1.165) is 32.5 Å². The highest BCUT2D eigenvalue weighted by Crippen LogP contribution is 2.28. The number of amides is 1. The molecule has 1 unspecified atom stereocenters. The fourth-order valence-corrected chi connectivity index (χ4v) is 3.19. The molecule has 0 bridgehead atoms. The molecule has 0 spiro atoms. The summed E-state index contributed by atoms with van der Waals surface area (Å²) in [5.74, 6) is 0.230. The van der Waals surface area contributed by atoms with Crippen LogP contribution in [0.4, 0.5) is 0 Å². The van der Waals surface area contributed by atoms with Crippen LogP contribution >= 0.6 is 12.4 Å². The monoisotopic (exact) mass is 353 g/mol. The van der Waals surface area contributed by atoms with Crippen molar-refractivity contribution >= 4 is 18.3 Å². The number of benzene rings is 1. The van der Waals surface area contributed by atoms with Crippen molar-refractivity contribution in [1.82, 2.24) is 9.80 Å². The number of hydrogen-bond acceptors (Lipinski definition) is 3. The van der Waals surface area contributed by atoms with Gasteiger partial charge in [-0.15, -0.1) is 12.4 Å². The second-order valence-corrected chi connectivity index (χ2v) is 7.28. The van der Waals surface area contributed by atoms with E-state index in [1.807, 2.05) is 4.90 Å². The molecular weight excluding hydrogens is 322 g/mol. The van der Waals surface area contributed by atoms with E-state index in [9.17, 15) is 4.79 Å². The van der Waals surface area contributed by atoms with Crippen LogP contribution in [0.25, 0.3) is 0 Å². The van der Waals surface area contributed by atoms with Crippen molar-refractivity contribution in [2.24, 2.45) is 11.1 Å². The zero-order chi connectivity index (χ0) is 16.9. The van der Waals surface area contributed by atoms with Crippen molar-refractivity contribution in [3.05, 3.63) is 35.4 Å². The Morgan fingerprint density at radius 2 is 2.00 bits per heavy atom. The van der Waals surface area contributed by atoms with Gasteiger partial charge >= 0.3 is 0 Å². The van der Waals surface area contributed by atoms with Crippen LogP contribution in [-0.2, 0) is 11.3 Å². The number of aryl methyl sites for hydroxylation is 1. The standard InChI is InChI=1S/C19H31N3O.ClH/c1-4-10-22(12-17-7-5-16(2)6-8-17)18(23)13-21-11-9-19(3,14-20)15-21;/h5-8H,4,9-15,20H2,1-3H3;1H. The maximum Gasteiger partial charge on any atom is 0.237 e. The van der Waals surface area contributed by atoms with Gasteiger partial charge in [0.05, 0.1) is 6.54 Å². The molecule has 2 rings (SSSR count). The first-order chi connectivity index (χ1) is 11.0. The van der Waals surface area contributed by atoms with Crippen LogP contribution in [0.1, 0.15) is 37.8 Å². The van der Waals surface area contributed by atoms with Crippen LogP contribution in [0.15, 0.2) is 24.3 Å². The molecule has 1 atom stereocenters. The van der Waals surface area contributed by atoms with E-state index in [1.165, 1.54) is 11.1 Å². The van der Waals surface area contributed by atoms with Crippen LogP contribution in [0, 0.1) is 12.3 Å². The van der Waals surface area contributed by atoms with Gasteiger partial charge in [0.15, 0.2) is 0 Å². The highest BCUT2D eigenvalue weighted by Gasteiger charge is 2.33. The smallest absolute Gasteiger partial charge is 0.237 e. The van der Waals surface area contributed by atoms with Gasteiger partial charge in [-0.1, -0.05) is 43.7 Å². The molecule has 1 fully saturated rings. The summed E-state index contributed by atoms with van der Waals surface area (Å²) in [6.45, 7) is 11.1. The zero-order valence-electron chi connectivity index (χ0n) is 15.3. The Bertz CT molecular complexity index is 520. The van der Waals surface area contributed by atoms with E-state index in [4.69, 9.17) is 5.73 Å². The Kier molecular flexibility index (Phi) is 8.20. The summed E-state index contributed by atoms with van der Waals surface area (Å²) in [6, 6.07) is 8.45. The minimum atomic E-state index is 0. The van der Waals surface area contributed by atoms with Gasteiger partial charge < -0.3 is 10.6 Å². The first-order valence-electron chi connectivity index (χ1n) is 8.71. The highest BCUT2D eigenvalue weighted by atomic mass is 35.5. The molecule has 0 saturated carbocycles. The number of hydrogen-bond donors (Lipinski definition) is 1. The second kappa shape index (κ2) is 9.40. The molecule has 0 aliphatic carbocycles. The van der Waals surface area contributed by atoms with Gasteiger partial charge in [0, 0.05) is 19.6 Å². The molecule has 2 N–H and O–H groups in total. The van der Waals surface area contributed by atoms with Crippen molar-refractivity contribution in [3.8, 4) is 0 Å². The number of nitrogens with zero attached hydrogens (tertiary/aromatic N) is 2. The number of rotatable bonds is 7. The molecular formula is C19H32ClN3O. The van der Waals surface area contributed by atoms with Crippen molar-refractivity contribution in [2.45, 2.75) is 40.2 Å². The molecule has 0 radical (unpaired) electrons. The van der Waals surface area contributed by atoms with Crippen LogP contribution in [0.2, 0.25) is 0 Å². The third kappa shape index (κ3) is 5.76. The van der Waals surface area contributed by atoms with E-state index >= 15 is 0 Å². The molecule has 1 aliphatic rings. The molecule has 1 aromatic carbocycles. The quantitative estimate of drug-likeness (QED) is 0.820. The first kappa shape index (κ1) is 20.9. The van der Waals surface area contributed by atoms with Crippen molar-refractivity contribution in [3.63, 3.8) is 0 Å². The van der Waals surface area contributed by atoms with Gasteiger partial charge in [-0.3, -0.25) is 9.69 Å². The summed E-state index contributed by atoms with van der Waals surface area (Å²) in [5, 5.41) is 0. The minimum Gasteiger partial charge on any atom is -0.337 e. The van der Waals surface area contributed by atoms with Crippen LogP contribution in [0.3, 0.4) is 0 Å². The van der Waals surface area contributed by atoms with E-state index in [1.54, 1.807) is 0 Å². The number of nitrogens with two attached hydrogens (primary N) is 1. The average Bonchev–Trinajstić information content (AvgIpc) is 2.91. The lowest BCUT2D eigenvalue weighted by Gasteiger charge is -2.26. The number of halogens is 1. The lowest BCUT2D eigenvalue weighted by molar-refractivity contribution is -0.132. The summed E-state index contributed by atoms with van der Waals surface area (Å²) >= 11 is 0. The molecule has 1 saturated heterocycles. The fourth-order valence-electron chi connectivity index (χ4n) is 3.19. The van der Waals surface area contributed by atoms with Crippen molar-refractivity contribution < 1.29 is 4.79 Å². The molecule has 1 aliphatic heterocycles. The van der Waals surface area contributed by atoms with Crippen LogP contribution in [0.5, 0.6) is 0 Å². The SMILES string of the molecule is CCCN(Cc1ccc(C)cc1)C(=O)CN1CCC(C)(CN)C1.Cl. The summed E-state index contributed by atoms with van der Waals surface area (Å²) in [5.41, 5.74) is 8.48. The predicted octanol–water partition coefficient (Wildman–Crippen LogP) is 2.83. The summed E-state index contributed by atoms with van der Waals surface area (Å²) < 4.78 is 0. The van der Waals surface area contributed by atoms with Gasteiger partial charge in [-0.25, -0.2) is 0 Å². The minimum absolute atomic E-state index is 0. The van der Waals surface area contributed by atoms with Crippen molar-refractivity contribution in [1.29, 1.82) is 0 Å². The molecule has 5 heteroatoms.